The Labute approximate surface area is 99.4 Å². The summed E-state index contributed by atoms with van der Waals surface area (Å²) in [4.78, 5) is 0. The Morgan fingerprint density at radius 1 is 1.25 bits per heavy atom. The smallest absolute Gasteiger partial charge is 0.190 e. The molecule has 90 valence electrons. The Morgan fingerprint density at radius 3 is 2.25 bits per heavy atom. The van der Waals surface area contributed by atoms with Crippen LogP contribution in [-0.2, 0) is 5.88 Å². The van der Waals surface area contributed by atoms with Crippen LogP contribution in [0.1, 0.15) is 25.8 Å². The quantitative estimate of drug-likeness (QED) is 0.712. The number of alkyl halides is 1. The molecule has 0 saturated carbocycles. The molecule has 0 amide bonds. The molecule has 0 aliphatic rings. The third-order valence-electron chi connectivity index (χ3n) is 2.15. The van der Waals surface area contributed by atoms with Gasteiger partial charge in [0.15, 0.2) is 17.4 Å². The molecule has 0 N–H and O–H groups in total. The van der Waals surface area contributed by atoms with Gasteiger partial charge in [-0.15, -0.1) is 11.6 Å². The number of rotatable bonds is 5. The molecule has 1 rings (SSSR count). The van der Waals surface area contributed by atoms with Gasteiger partial charge in [0.25, 0.3) is 0 Å². The van der Waals surface area contributed by atoms with Gasteiger partial charge in [0.1, 0.15) is 0 Å². The Kier molecular flexibility index (Phi) is 5.00. The molecule has 0 aliphatic carbocycles. The lowest BCUT2D eigenvalue weighted by atomic mass is 10.1. The van der Waals surface area contributed by atoms with Crippen molar-refractivity contribution >= 4 is 11.6 Å². The van der Waals surface area contributed by atoms with Gasteiger partial charge in [0.2, 0.25) is 0 Å². The molecule has 0 atom stereocenters. The number of hydrogen-bond donors (Lipinski definition) is 0. The molecule has 0 spiro atoms. The zero-order valence-electron chi connectivity index (χ0n) is 9.40. The lowest BCUT2D eigenvalue weighted by Gasteiger charge is -2.10. The first-order valence-electron chi connectivity index (χ1n) is 5.21. The normalized spacial score (nSPS) is 10.9. The van der Waals surface area contributed by atoms with Crippen molar-refractivity contribution in [3.8, 4) is 5.75 Å². The maximum atomic E-state index is 13.4. The zero-order chi connectivity index (χ0) is 12.1. The minimum atomic E-state index is -0.695. The van der Waals surface area contributed by atoms with Gasteiger partial charge in [-0.05, 0) is 30.0 Å². The summed E-state index contributed by atoms with van der Waals surface area (Å²) in [5.41, 5.74) is 0.410. The molecule has 16 heavy (non-hydrogen) atoms. The van der Waals surface area contributed by atoms with E-state index in [4.69, 9.17) is 16.3 Å². The Morgan fingerprint density at radius 2 is 1.81 bits per heavy atom. The van der Waals surface area contributed by atoms with Crippen LogP contribution in [0.5, 0.6) is 5.75 Å². The number of hydrogen-bond acceptors (Lipinski definition) is 1. The van der Waals surface area contributed by atoms with E-state index < -0.39 is 11.6 Å². The van der Waals surface area contributed by atoms with Crippen molar-refractivity contribution in [1.82, 2.24) is 0 Å². The summed E-state index contributed by atoms with van der Waals surface area (Å²) in [6.45, 7) is 4.35. The first kappa shape index (κ1) is 13.2. The van der Waals surface area contributed by atoms with E-state index in [-0.39, 0.29) is 11.6 Å². The minimum Gasteiger partial charge on any atom is -0.488 e. The van der Waals surface area contributed by atoms with Crippen molar-refractivity contribution in [1.29, 1.82) is 0 Å². The lowest BCUT2D eigenvalue weighted by Crippen LogP contribution is -2.05. The van der Waals surface area contributed by atoms with E-state index >= 15 is 0 Å². The average molecular weight is 249 g/mol. The van der Waals surface area contributed by atoms with E-state index in [1.54, 1.807) is 0 Å². The van der Waals surface area contributed by atoms with Crippen molar-refractivity contribution in [2.45, 2.75) is 26.1 Å². The Bertz CT molecular complexity index is 330. The molecule has 4 heteroatoms. The minimum absolute atomic E-state index is 0.0834. The van der Waals surface area contributed by atoms with Crippen molar-refractivity contribution in [3.05, 3.63) is 29.3 Å². The molecule has 0 aromatic heterocycles. The summed E-state index contributed by atoms with van der Waals surface area (Å²) in [7, 11) is 0. The van der Waals surface area contributed by atoms with Crippen LogP contribution in [0.2, 0.25) is 0 Å². The van der Waals surface area contributed by atoms with Gasteiger partial charge in [0, 0.05) is 5.88 Å². The van der Waals surface area contributed by atoms with Crippen LogP contribution in [0, 0.1) is 17.6 Å². The number of ether oxygens (including phenoxy) is 1. The van der Waals surface area contributed by atoms with Crippen molar-refractivity contribution in [2.75, 3.05) is 6.61 Å². The first-order valence-corrected chi connectivity index (χ1v) is 5.74. The summed E-state index contributed by atoms with van der Waals surface area (Å²) >= 11 is 5.49. The number of benzene rings is 1. The maximum absolute atomic E-state index is 13.4. The zero-order valence-corrected chi connectivity index (χ0v) is 10.2. The van der Waals surface area contributed by atoms with E-state index in [0.717, 1.165) is 6.42 Å². The van der Waals surface area contributed by atoms with Crippen molar-refractivity contribution < 1.29 is 13.5 Å². The fraction of sp³-hybridized carbons (Fsp3) is 0.500. The summed E-state index contributed by atoms with van der Waals surface area (Å²) < 4.78 is 31.9. The van der Waals surface area contributed by atoms with E-state index in [0.29, 0.717) is 18.1 Å². The highest BCUT2D eigenvalue weighted by Crippen LogP contribution is 2.24. The fourth-order valence-electron chi connectivity index (χ4n) is 1.22. The summed E-state index contributed by atoms with van der Waals surface area (Å²) in [5.74, 6) is -1.18. The second kappa shape index (κ2) is 6.04. The first-order chi connectivity index (χ1) is 7.54. The average Bonchev–Trinajstić information content (AvgIpc) is 2.21. The summed E-state index contributed by atoms with van der Waals surface area (Å²) in [6, 6.07) is 2.39. The largest absolute Gasteiger partial charge is 0.488 e. The van der Waals surface area contributed by atoms with Gasteiger partial charge in [0.05, 0.1) is 6.61 Å². The van der Waals surface area contributed by atoms with Crippen LogP contribution in [0.15, 0.2) is 12.1 Å². The molecule has 0 unspecified atom stereocenters. The van der Waals surface area contributed by atoms with Gasteiger partial charge >= 0.3 is 0 Å². The highest BCUT2D eigenvalue weighted by molar-refractivity contribution is 6.17. The van der Waals surface area contributed by atoms with Crippen LogP contribution in [0.25, 0.3) is 0 Å². The predicted octanol–water partition coefficient (Wildman–Crippen LogP) is 4.13. The van der Waals surface area contributed by atoms with E-state index in [2.05, 4.69) is 0 Å². The Balaban J connectivity index is 2.72. The van der Waals surface area contributed by atoms with E-state index in [1.165, 1.54) is 12.1 Å². The fourth-order valence-corrected chi connectivity index (χ4v) is 1.38. The van der Waals surface area contributed by atoms with Gasteiger partial charge in [-0.25, -0.2) is 8.78 Å². The van der Waals surface area contributed by atoms with E-state index in [1.807, 2.05) is 13.8 Å². The lowest BCUT2D eigenvalue weighted by molar-refractivity contribution is 0.263. The van der Waals surface area contributed by atoms with Gasteiger partial charge in [-0.2, -0.15) is 0 Å². The molecule has 0 aliphatic heterocycles. The topological polar surface area (TPSA) is 9.23 Å². The molecule has 0 radical (unpaired) electrons. The second-order valence-electron chi connectivity index (χ2n) is 4.05. The third-order valence-corrected chi connectivity index (χ3v) is 2.46. The second-order valence-corrected chi connectivity index (χ2v) is 4.32. The monoisotopic (exact) mass is 248 g/mol. The molecule has 1 aromatic carbocycles. The third kappa shape index (κ3) is 3.63. The maximum Gasteiger partial charge on any atom is 0.190 e. The predicted molar refractivity (Wildman–Crippen MR) is 60.9 cm³/mol. The van der Waals surface area contributed by atoms with Crippen LogP contribution >= 0.6 is 11.6 Å². The van der Waals surface area contributed by atoms with Crippen LogP contribution < -0.4 is 4.74 Å². The molecule has 0 heterocycles. The van der Waals surface area contributed by atoms with Crippen molar-refractivity contribution in [2.24, 2.45) is 5.92 Å². The summed E-state index contributed by atoms with van der Waals surface area (Å²) in [5, 5.41) is 0. The van der Waals surface area contributed by atoms with Crippen LogP contribution in [0.4, 0.5) is 8.78 Å². The standard InChI is InChI=1S/C12H15ClF2O/c1-8(2)3-4-16-12-10(14)5-9(7-13)6-11(12)15/h5-6,8H,3-4,7H2,1-2H3. The van der Waals surface area contributed by atoms with Gasteiger partial charge < -0.3 is 4.74 Å². The molecular formula is C12H15ClF2O. The molecule has 0 saturated heterocycles. The van der Waals surface area contributed by atoms with Crippen molar-refractivity contribution in [3.63, 3.8) is 0 Å². The van der Waals surface area contributed by atoms with Crippen LogP contribution in [0.3, 0.4) is 0 Å². The molecule has 1 nitrogen and oxygen atoms in total. The molecule has 0 fully saturated rings. The number of halogens is 3. The summed E-state index contributed by atoms with van der Waals surface area (Å²) in [6.07, 6.45) is 0.760. The SMILES string of the molecule is CC(C)CCOc1c(F)cc(CCl)cc1F. The highest BCUT2D eigenvalue weighted by atomic mass is 35.5. The molecule has 1 aromatic rings. The molecule has 0 bridgehead atoms. The molecular weight excluding hydrogens is 234 g/mol. The Hall–Kier alpha value is -0.830. The highest BCUT2D eigenvalue weighted by Gasteiger charge is 2.12. The van der Waals surface area contributed by atoms with Gasteiger partial charge in [-0.3, -0.25) is 0 Å². The van der Waals surface area contributed by atoms with Crippen LogP contribution in [-0.4, -0.2) is 6.61 Å². The van der Waals surface area contributed by atoms with E-state index in [9.17, 15) is 8.78 Å². The van der Waals surface area contributed by atoms with Gasteiger partial charge in [-0.1, -0.05) is 13.8 Å².